The molecule has 90 valence electrons. The van der Waals surface area contributed by atoms with E-state index in [0.29, 0.717) is 0 Å². The number of fused-ring (bicyclic) bond motifs is 1. The van der Waals surface area contributed by atoms with Gasteiger partial charge in [-0.15, -0.1) is 0 Å². The monoisotopic (exact) mass is 318 g/mol. The molecule has 0 aliphatic rings. The fourth-order valence-electron chi connectivity index (χ4n) is 1.84. The third kappa shape index (κ3) is 2.13. The molecule has 3 aromatic rings. The van der Waals surface area contributed by atoms with E-state index in [1.165, 1.54) is 10.3 Å². The minimum absolute atomic E-state index is 0.812. The topological polar surface area (TPSA) is 41.8 Å². The summed E-state index contributed by atoms with van der Waals surface area (Å²) >= 11 is 5.19. The van der Waals surface area contributed by atoms with Crippen LogP contribution >= 0.6 is 27.7 Å². The molecule has 0 saturated heterocycles. The number of para-hydroxylation sites is 1. The van der Waals surface area contributed by atoms with Crippen LogP contribution in [0.15, 0.2) is 62.9 Å². The van der Waals surface area contributed by atoms with Gasteiger partial charge in [0.1, 0.15) is 0 Å². The molecule has 18 heavy (non-hydrogen) atoms. The van der Waals surface area contributed by atoms with Crippen molar-refractivity contribution in [1.82, 2.24) is 4.98 Å². The molecule has 0 bridgehead atoms. The van der Waals surface area contributed by atoms with Gasteiger partial charge in [0.05, 0.1) is 0 Å². The Balaban J connectivity index is 2.05. The maximum absolute atomic E-state index is 5.97. The van der Waals surface area contributed by atoms with Crippen molar-refractivity contribution in [3.8, 4) is 0 Å². The number of benzene rings is 2. The number of nitrogens with two attached hydrogens (primary N) is 1. The summed E-state index contributed by atoms with van der Waals surface area (Å²) in [6, 6.07) is 14.1. The normalized spacial score (nSPS) is 10.9. The fraction of sp³-hybridized carbons (Fsp3) is 0. The number of rotatable bonds is 2. The summed E-state index contributed by atoms with van der Waals surface area (Å²) < 4.78 is 1.08. The zero-order valence-corrected chi connectivity index (χ0v) is 11.9. The van der Waals surface area contributed by atoms with Crippen LogP contribution in [0.3, 0.4) is 0 Å². The predicted octanol–water partition coefficient (Wildman–Crippen LogP) is 4.66. The number of aromatic amines is 1. The Morgan fingerprint density at radius 2 is 1.89 bits per heavy atom. The van der Waals surface area contributed by atoms with E-state index >= 15 is 0 Å². The van der Waals surface area contributed by atoms with Crippen LogP contribution in [0.5, 0.6) is 0 Å². The zero-order chi connectivity index (χ0) is 12.5. The molecule has 0 fully saturated rings. The van der Waals surface area contributed by atoms with Crippen molar-refractivity contribution < 1.29 is 0 Å². The summed E-state index contributed by atoms with van der Waals surface area (Å²) in [5.74, 6) is 0. The molecule has 0 saturated carbocycles. The summed E-state index contributed by atoms with van der Waals surface area (Å²) in [5, 5.41) is 1.21. The van der Waals surface area contributed by atoms with Crippen LogP contribution in [0.25, 0.3) is 10.9 Å². The van der Waals surface area contributed by atoms with E-state index in [1.54, 1.807) is 11.8 Å². The molecule has 1 aromatic heterocycles. The van der Waals surface area contributed by atoms with Crippen molar-refractivity contribution in [2.75, 3.05) is 5.73 Å². The van der Waals surface area contributed by atoms with Gasteiger partial charge >= 0.3 is 0 Å². The summed E-state index contributed by atoms with van der Waals surface area (Å²) in [6.07, 6.45) is 2.02. The van der Waals surface area contributed by atoms with Gasteiger partial charge in [0.15, 0.2) is 0 Å². The van der Waals surface area contributed by atoms with Gasteiger partial charge in [-0.05, 0) is 30.3 Å². The Labute approximate surface area is 118 Å². The number of nitrogen functional groups attached to an aromatic ring is 1. The molecule has 4 heteroatoms. The second-order valence-electron chi connectivity index (χ2n) is 3.98. The van der Waals surface area contributed by atoms with E-state index in [1.807, 2.05) is 36.5 Å². The number of anilines is 1. The highest BCUT2D eigenvalue weighted by molar-refractivity contribution is 9.10. The van der Waals surface area contributed by atoms with E-state index in [9.17, 15) is 0 Å². The van der Waals surface area contributed by atoms with Gasteiger partial charge in [-0.2, -0.15) is 0 Å². The minimum Gasteiger partial charge on any atom is -0.398 e. The first-order valence-electron chi connectivity index (χ1n) is 5.53. The highest BCUT2D eigenvalue weighted by Gasteiger charge is 2.07. The van der Waals surface area contributed by atoms with Crippen molar-refractivity contribution in [2.24, 2.45) is 0 Å². The van der Waals surface area contributed by atoms with Crippen molar-refractivity contribution in [3.63, 3.8) is 0 Å². The van der Waals surface area contributed by atoms with Crippen LogP contribution in [-0.2, 0) is 0 Å². The third-order valence-corrected chi connectivity index (χ3v) is 4.39. The predicted molar refractivity (Wildman–Crippen MR) is 81.0 cm³/mol. The van der Waals surface area contributed by atoms with Crippen LogP contribution < -0.4 is 5.73 Å². The number of hydrogen-bond acceptors (Lipinski definition) is 2. The van der Waals surface area contributed by atoms with E-state index in [4.69, 9.17) is 5.73 Å². The second kappa shape index (κ2) is 4.71. The number of halogens is 1. The summed E-state index contributed by atoms with van der Waals surface area (Å²) in [4.78, 5) is 5.54. The van der Waals surface area contributed by atoms with Crippen molar-refractivity contribution in [3.05, 3.63) is 53.1 Å². The lowest BCUT2D eigenvalue weighted by atomic mass is 10.2. The lowest BCUT2D eigenvalue weighted by Gasteiger charge is -2.03. The molecule has 0 radical (unpaired) electrons. The van der Waals surface area contributed by atoms with Crippen molar-refractivity contribution in [2.45, 2.75) is 9.79 Å². The minimum atomic E-state index is 0.812. The molecule has 0 spiro atoms. The first kappa shape index (κ1) is 11.7. The lowest BCUT2D eigenvalue weighted by Crippen LogP contribution is -1.86. The molecular weight excluding hydrogens is 308 g/mol. The molecule has 0 atom stereocenters. The average Bonchev–Trinajstić information content (AvgIpc) is 2.75. The standard InChI is InChI=1S/C14H11BrN2S/c15-9-5-6-12-10(7-9)14(8-17-12)18-13-4-2-1-3-11(13)16/h1-8,17H,16H2. The van der Waals surface area contributed by atoms with E-state index in [0.717, 1.165) is 20.6 Å². The van der Waals surface area contributed by atoms with E-state index in [2.05, 4.69) is 33.0 Å². The molecule has 0 amide bonds. The second-order valence-corrected chi connectivity index (χ2v) is 5.98. The summed E-state index contributed by atoms with van der Waals surface area (Å²) in [7, 11) is 0. The highest BCUT2D eigenvalue weighted by Crippen LogP contribution is 2.37. The van der Waals surface area contributed by atoms with Crippen LogP contribution in [0.2, 0.25) is 0 Å². The maximum Gasteiger partial charge on any atom is 0.0466 e. The van der Waals surface area contributed by atoms with Crippen LogP contribution in [0.4, 0.5) is 5.69 Å². The Morgan fingerprint density at radius 1 is 1.06 bits per heavy atom. The van der Waals surface area contributed by atoms with Gasteiger partial charge < -0.3 is 10.7 Å². The van der Waals surface area contributed by atoms with Gasteiger partial charge in [0.25, 0.3) is 0 Å². The molecule has 0 unspecified atom stereocenters. The average molecular weight is 319 g/mol. The molecule has 3 rings (SSSR count). The molecule has 0 aliphatic heterocycles. The van der Waals surface area contributed by atoms with Crippen molar-refractivity contribution >= 4 is 44.3 Å². The maximum atomic E-state index is 5.97. The number of H-pyrrole nitrogens is 1. The smallest absolute Gasteiger partial charge is 0.0466 e. The van der Waals surface area contributed by atoms with Crippen LogP contribution in [0.1, 0.15) is 0 Å². The molecular formula is C14H11BrN2S. The molecule has 3 N–H and O–H groups in total. The Hall–Kier alpha value is -1.39. The highest BCUT2D eigenvalue weighted by atomic mass is 79.9. The third-order valence-electron chi connectivity index (χ3n) is 2.74. The van der Waals surface area contributed by atoms with Crippen LogP contribution in [0, 0.1) is 0 Å². The van der Waals surface area contributed by atoms with Gasteiger partial charge in [0.2, 0.25) is 0 Å². The van der Waals surface area contributed by atoms with E-state index < -0.39 is 0 Å². The summed E-state index contributed by atoms with van der Waals surface area (Å²) in [5.41, 5.74) is 7.92. The Morgan fingerprint density at radius 3 is 2.72 bits per heavy atom. The Kier molecular flexibility index (Phi) is 3.06. The van der Waals surface area contributed by atoms with Gasteiger partial charge in [0, 0.05) is 37.1 Å². The van der Waals surface area contributed by atoms with Gasteiger partial charge in [-0.25, -0.2) is 0 Å². The fourth-order valence-corrected chi connectivity index (χ4v) is 3.17. The van der Waals surface area contributed by atoms with Crippen molar-refractivity contribution in [1.29, 1.82) is 0 Å². The number of aromatic nitrogens is 1. The molecule has 0 aliphatic carbocycles. The number of hydrogen-bond donors (Lipinski definition) is 2. The Bertz CT molecular complexity index is 706. The quantitative estimate of drug-likeness (QED) is 0.674. The molecule has 2 nitrogen and oxygen atoms in total. The SMILES string of the molecule is Nc1ccccc1Sc1c[nH]c2ccc(Br)cc12. The zero-order valence-electron chi connectivity index (χ0n) is 9.48. The summed E-state index contributed by atoms with van der Waals surface area (Å²) in [6.45, 7) is 0. The molecule has 1 heterocycles. The first-order valence-corrected chi connectivity index (χ1v) is 7.14. The first-order chi connectivity index (χ1) is 8.74. The van der Waals surface area contributed by atoms with E-state index in [-0.39, 0.29) is 0 Å². The van der Waals surface area contributed by atoms with Gasteiger partial charge in [-0.1, -0.05) is 39.8 Å². The molecule has 2 aromatic carbocycles. The largest absolute Gasteiger partial charge is 0.398 e. The lowest BCUT2D eigenvalue weighted by molar-refractivity contribution is 1.40. The number of nitrogens with one attached hydrogen (secondary N) is 1. The van der Waals surface area contributed by atoms with Crippen LogP contribution in [-0.4, -0.2) is 4.98 Å². The van der Waals surface area contributed by atoms with Gasteiger partial charge in [-0.3, -0.25) is 0 Å².